The predicted molar refractivity (Wildman–Crippen MR) is 81.3 cm³/mol. The molecule has 0 atom stereocenters. The number of rotatable bonds is 2. The van der Waals surface area contributed by atoms with E-state index in [4.69, 9.17) is 0 Å². The fraction of sp³-hybridized carbons (Fsp3) is 0.467. The van der Waals surface area contributed by atoms with Gasteiger partial charge in [-0.05, 0) is 39.1 Å². The Morgan fingerprint density at radius 3 is 2.65 bits per heavy atom. The third-order valence-corrected chi connectivity index (χ3v) is 4.09. The highest BCUT2D eigenvalue weighted by Gasteiger charge is 2.22. The summed E-state index contributed by atoms with van der Waals surface area (Å²) in [6.07, 6.45) is 2.20. The Labute approximate surface area is 118 Å². The van der Waals surface area contributed by atoms with E-state index in [0.717, 1.165) is 31.4 Å². The molecule has 0 unspecified atom stereocenters. The number of anilines is 1. The van der Waals surface area contributed by atoms with Gasteiger partial charge in [0.2, 0.25) is 5.95 Å². The molecule has 5 heteroatoms. The highest BCUT2D eigenvalue weighted by atomic mass is 16.1. The van der Waals surface area contributed by atoms with E-state index in [-0.39, 0.29) is 5.56 Å². The molecular formula is C15H20N4O. The molecule has 3 rings (SSSR count). The molecule has 0 saturated carbocycles. The summed E-state index contributed by atoms with van der Waals surface area (Å²) in [5, 5.41) is 0.652. The number of nitrogens with zero attached hydrogens (tertiary/aromatic N) is 3. The standard InChI is InChI=1S/C15H20N4O/c1-18(2)11-7-9-19(10-8-11)15-16-13-6-4-3-5-12(13)14(20)17-15/h3-6,11H,7-10H2,1-2H3,(H,16,17,20). The van der Waals surface area contributed by atoms with Gasteiger partial charge in [-0.25, -0.2) is 4.98 Å². The SMILES string of the molecule is CN(C)C1CCN(c2nc3ccccc3c(=O)[nH]2)CC1. The molecule has 1 aliphatic rings. The van der Waals surface area contributed by atoms with Gasteiger partial charge in [0.25, 0.3) is 5.56 Å². The summed E-state index contributed by atoms with van der Waals surface area (Å²) in [4.78, 5) is 24.0. The van der Waals surface area contributed by atoms with Crippen molar-refractivity contribution >= 4 is 16.9 Å². The second-order valence-electron chi connectivity index (χ2n) is 5.59. The van der Waals surface area contributed by atoms with Crippen LogP contribution in [0, 0.1) is 0 Å². The van der Waals surface area contributed by atoms with Crippen LogP contribution in [0.2, 0.25) is 0 Å². The molecule has 0 aliphatic carbocycles. The summed E-state index contributed by atoms with van der Waals surface area (Å²) in [7, 11) is 4.24. The number of benzene rings is 1. The van der Waals surface area contributed by atoms with Crippen LogP contribution in [0.5, 0.6) is 0 Å². The minimum absolute atomic E-state index is 0.0552. The first-order valence-electron chi connectivity index (χ1n) is 7.05. The Morgan fingerprint density at radius 1 is 1.25 bits per heavy atom. The molecule has 1 N–H and O–H groups in total. The Kier molecular flexibility index (Phi) is 3.44. The first kappa shape index (κ1) is 13.1. The van der Waals surface area contributed by atoms with E-state index in [1.807, 2.05) is 24.3 Å². The molecule has 5 nitrogen and oxygen atoms in total. The number of para-hydroxylation sites is 1. The van der Waals surface area contributed by atoms with E-state index in [2.05, 4.69) is 33.9 Å². The Balaban J connectivity index is 1.87. The molecule has 20 heavy (non-hydrogen) atoms. The number of fused-ring (bicyclic) bond motifs is 1. The molecule has 1 saturated heterocycles. The van der Waals surface area contributed by atoms with Gasteiger partial charge in [-0.15, -0.1) is 0 Å². The summed E-state index contributed by atoms with van der Waals surface area (Å²) in [6.45, 7) is 1.87. The van der Waals surface area contributed by atoms with Crippen LogP contribution in [0.3, 0.4) is 0 Å². The topological polar surface area (TPSA) is 52.2 Å². The van der Waals surface area contributed by atoms with Crippen molar-refractivity contribution in [2.24, 2.45) is 0 Å². The maximum Gasteiger partial charge on any atom is 0.260 e. The predicted octanol–water partition coefficient (Wildman–Crippen LogP) is 1.45. The Morgan fingerprint density at radius 2 is 1.95 bits per heavy atom. The van der Waals surface area contributed by atoms with Crippen molar-refractivity contribution in [3.8, 4) is 0 Å². The second-order valence-corrected chi connectivity index (χ2v) is 5.59. The zero-order valence-corrected chi connectivity index (χ0v) is 12.0. The first-order valence-corrected chi connectivity index (χ1v) is 7.05. The highest BCUT2D eigenvalue weighted by molar-refractivity contribution is 5.78. The summed E-state index contributed by atoms with van der Waals surface area (Å²) < 4.78 is 0. The van der Waals surface area contributed by atoms with E-state index in [1.54, 1.807) is 0 Å². The van der Waals surface area contributed by atoms with Crippen molar-refractivity contribution in [1.29, 1.82) is 0 Å². The third kappa shape index (κ3) is 2.41. The maximum absolute atomic E-state index is 12.1. The summed E-state index contributed by atoms with van der Waals surface area (Å²) in [5.74, 6) is 0.700. The third-order valence-electron chi connectivity index (χ3n) is 4.09. The Hall–Kier alpha value is -1.88. The molecule has 2 heterocycles. The van der Waals surface area contributed by atoms with Crippen LogP contribution in [0.4, 0.5) is 5.95 Å². The van der Waals surface area contributed by atoms with Crippen LogP contribution in [0.25, 0.3) is 10.9 Å². The number of hydrogen-bond acceptors (Lipinski definition) is 4. The van der Waals surface area contributed by atoms with Gasteiger partial charge in [0.15, 0.2) is 0 Å². The molecule has 1 aromatic heterocycles. The number of hydrogen-bond donors (Lipinski definition) is 1. The lowest BCUT2D eigenvalue weighted by molar-refractivity contribution is 0.249. The van der Waals surface area contributed by atoms with Crippen LogP contribution >= 0.6 is 0 Å². The molecule has 1 aromatic carbocycles. The summed E-state index contributed by atoms with van der Waals surface area (Å²) >= 11 is 0. The van der Waals surface area contributed by atoms with Crippen molar-refractivity contribution in [1.82, 2.24) is 14.9 Å². The van der Waals surface area contributed by atoms with Crippen molar-refractivity contribution in [2.45, 2.75) is 18.9 Å². The fourth-order valence-corrected chi connectivity index (χ4v) is 2.82. The van der Waals surface area contributed by atoms with Crippen LogP contribution in [-0.4, -0.2) is 48.1 Å². The normalized spacial score (nSPS) is 17.1. The quantitative estimate of drug-likeness (QED) is 0.899. The number of piperidine rings is 1. The van der Waals surface area contributed by atoms with Crippen molar-refractivity contribution < 1.29 is 0 Å². The van der Waals surface area contributed by atoms with E-state index in [1.165, 1.54) is 0 Å². The molecule has 106 valence electrons. The lowest BCUT2D eigenvalue weighted by Gasteiger charge is -2.35. The lowest BCUT2D eigenvalue weighted by atomic mass is 10.0. The fourth-order valence-electron chi connectivity index (χ4n) is 2.82. The van der Waals surface area contributed by atoms with Gasteiger partial charge in [0, 0.05) is 19.1 Å². The zero-order valence-electron chi connectivity index (χ0n) is 12.0. The average molecular weight is 272 g/mol. The van der Waals surface area contributed by atoms with Crippen LogP contribution in [-0.2, 0) is 0 Å². The molecular weight excluding hydrogens is 252 g/mol. The van der Waals surface area contributed by atoms with E-state index in [0.29, 0.717) is 17.4 Å². The maximum atomic E-state index is 12.1. The van der Waals surface area contributed by atoms with Gasteiger partial charge in [-0.2, -0.15) is 0 Å². The molecule has 2 aromatic rings. The van der Waals surface area contributed by atoms with Gasteiger partial charge >= 0.3 is 0 Å². The molecule has 0 bridgehead atoms. The largest absolute Gasteiger partial charge is 0.342 e. The number of H-pyrrole nitrogens is 1. The van der Waals surface area contributed by atoms with Gasteiger partial charge in [0.05, 0.1) is 10.9 Å². The molecule has 0 amide bonds. The minimum Gasteiger partial charge on any atom is -0.342 e. The second kappa shape index (κ2) is 5.25. The summed E-state index contributed by atoms with van der Waals surface area (Å²) in [6, 6.07) is 8.10. The van der Waals surface area contributed by atoms with Crippen LogP contribution < -0.4 is 10.5 Å². The smallest absolute Gasteiger partial charge is 0.260 e. The van der Waals surface area contributed by atoms with Crippen LogP contribution in [0.15, 0.2) is 29.1 Å². The van der Waals surface area contributed by atoms with E-state index in [9.17, 15) is 4.79 Å². The van der Waals surface area contributed by atoms with Crippen molar-refractivity contribution in [3.05, 3.63) is 34.6 Å². The lowest BCUT2D eigenvalue weighted by Crippen LogP contribution is -2.43. The Bertz CT molecular complexity index is 656. The summed E-state index contributed by atoms with van der Waals surface area (Å²) in [5.41, 5.74) is 0.710. The number of nitrogens with one attached hydrogen (secondary N) is 1. The van der Waals surface area contributed by atoms with Crippen molar-refractivity contribution in [2.75, 3.05) is 32.1 Å². The average Bonchev–Trinajstić information content (AvgIpc) is 2.47. The van der Waals surface area contributed by atoms with Gasteiger partial charge in [0.1, 0.15) is 0 Å². The molecule has 1 aliphatic heterocycles. The van der Waals surface area contributed by atoms with Crippen LogP contribution in [0.1, 0.15) is 12.8 Å². The van der Waals surface area contributed by atoms with Gasteiger partial charge < -0.3 is 9.80 Å². The zero-order chi connectivity index (χ0) is 14.1. The van der Waals surface area contributed by atoms with Crippen molar-refractivity contribution in [3.63, 3.8) is 0 Å². The number of aromatic amines is 1. The molecule has 0 radical (unpaired) electrons. The molecule has 1 fully saturated rings. The highest BCUT2D eigenvalue weighted by Crippen LogP contribution is 2.19. The molecule has 0 spiro atoms. The number of aromatic nitrogens is 2. The minimum atomic E-state index is -0.0552. The van der Waals surface area contributed by atoms with Gasteiger partial charge in [-0.3, -0.25) is 9.78 Å². The van der Waals surface area contributed by atoms with Gasteiger partial charge in [-0.1, -0.05) is 12.1 Å². The monoisotopic (exact) mass is 272 g/mol. The first-order chi connectivity index (χ1) is 9.65. The van der Waals surface area contributed by atoms with E-state index < -0.39 is 0 Å². The van der Waals surface area contributed by atoms with E-state index >= 15 is 0 Å².